The smallest absolute Gasteiger partial charge is 0.338 e. The van der Waals surface area contributed by atoms with E-state index in [0.29, 0.717) is 37.9 Å². The number of hydrogen-bond acceptors (Lipinski definition) is 6. The van der Waals surface area contributed by atoms with Crippen molar-refractivity contribution in [3.63, 3.8) is 0 Å². The number of ether oxygens (including phenoxy) is 2. The summed E-state index contributed by atoms with van der Waals surface area (Å²) in [4.78, 5) is 32.5. The van der Waals surface area contributed by atoms with Crippen molar-refractivity contribution in [2.75, 3.05) is 13.7 Å². The Morgan fingerprint density at radius 3 is 2.52 bits per heavy atom. The van der Waals surface area contributed by atoms with Crippen LogP contribution in [0.1, 0.15) is 36.7 Å². The molecule has 1 aliphatic rings. The Morgan fingerprint density at radius 2 is 1.81 bits per heavy atom. The van der Waals surface area contributed by atoms with Crippen LogP contribution in [0.4, 0.5) is 0 Å². The number of benzene rings is 3. The van der Waals surface area contributed by atoms with Gasteiger partial charge in [-0.15, -0.1) is 0 Å². The van der Waals surface area contributed by atoms with E-state index in [1.165, 1.54) is 11.3 Å². The summed E-state index contributed by atoms with van der Waals surface area (Å²) in [7, 11) is 1.60. The van der Waals surface area contributed by atoms with Gasteiger partial charge in [0, 0.05) is 28.2 Å². The fourth-order valence-electron chi connectivity index (χ4n) is 5.33. The summed E-state index contributed by atoms with van der Waals surface area (Å²) in [6.45, 7) is 4.36. The topological polar surface area (TPSA) is 74.8 Å². The molecule has 0 spiro atoms. The minimum absolute atomic E-state index is 0.216. The summed E-state index contributed by atoms with van der Waals surface area (Å²) in [6, 6.07) is 24.7. The van der Waals surface area contributed by atoms with E-state index < -0.39 is 12.0 Å². The minimum atomic E-state index is -0.687. The van der Waals surface area contributed by atoms with Crippen molar-refractivity contribution in [1.82, 2.24) is 9.13 Å². The lowest BCUT2D eigenvalue weighted by atomic mass is 9.96. The first kappa shape index (κ1) is 27.8. The summed E-state index contributed by atoms with van der Waals surface area (Å²) in [5.74, 6) is 0.190. The van der Waals surface area contributed by atoms with E-state index in [1.54, 1.807) is 25.5 Å². The average molecular weight is 598 g/mol. The third-order valence-electron chi connectivity index (χ3n) is 7.32. The Balaban J connectivity index is 1.53. The van der Waals surface area contributed by atoms with Crippen LogP contribution in [0.15, 0.2) is 99.9 Å². The maximum absolute atomic E-state index is 14.1. The number of carbonyl (C=O) groups excluding carboxylic acids is 1. The van der Waals surface area contributed by atoms with Gasteiger partial charge in [-0.25, -0.2) is 9.79 Å². The van der Waals surface area contributed by atoms with Gasteiger partial charge in [0.15, 0.2) is 4.80 Å². The molecular weight excluding hydrogens is 570 g/mol. The molecule has 0 fully saturated rings. The second-order valence-electron chi connectivity index (χ2n) is 9.92. The van der Waals surface area contributed by atoms with Crippen LogP contribution in [-0.2, 0) is 16.1 Å². The lowest BCUT2D eigenvalue weighted by molar-refractivity contribution is -0.139. The highest BCUT2D eigenvalue weighted by molar-refractivity contribution is 7.07. The highest BCUT2D eigenvalue weighted by Gasteiger charge is 2.33. The van der Waals surface area contributed by atoms with Crippen LogP contribution in [0.3, 0.4) is 0 Å². The zero-order chi connectivity index (χ0) is 29.4. The first-order valence-electron chi connectivity index (χ1n) is 13.5. The van der Waals surface area contributed by atoms with Gasteiger partial charge in [-0.05, 0) is 67.4 Å². The number of thiazole rings is 1. The molecule has 0 saturated carbocycles. The first-order chi connectivity index (χ1) is 20.4. The monoisotopic (exact) mass is 597 g/mol. The van der Waals surface area contributed by atoms with Gasteiger partial charge in [0.1, 0.15) is 5.75 Å². The highest BCUT2D eigenvalue weighted by atomic mass is 35.5. The Kier molecular flexibility index (Phi) is 7.58. The molecule has 9 heteroatoms. The van der Waals surface area contributed by atoms with Gasteiger partial charge in [0.2, 0.25) is 0 Å². The fourth-order valence-corrected chi connectivity index (χ4v) is 6.48. The molecule has 1 aliphatic heterocycles. The molecule has 0 amide bonds. The molecule has 3 aromatic carbocycles. The van der Waals surface area contributed by atoms with Crippen molar-refractivity contribution < 1.29 is 14.3 Å². The van der Waals surface area contributed by atoms with E-state index in [0.717, 1.165) is 27.7 Å². The quantitative estimate of drug-likeness (QED) is 0.233. The lowest BCUT2D eigenvalue weighted by Crippen LogP contribution is -2.40. The fraction of sp³-hybridized carbons (Fsp3) is 0.182. The number of halogens is 1. The molecule has 6 rings (SSSR count). The third-order valence-corrected chi connectivity index (χ3v) is 8.56. The van der Waals surface area contributed by atoms with Crippen molar-refractivity contribution >= 4 is 45.9 Å². The van der Waals surface area contributed by atoms with Crippen molar-refractivity contribution in [2.45, 2.75) is 26.4 Å². The van der Waals surface area contributed by atoms with Gasteiger partial charge < -0.3 is 14.0 Å². The van der Waals surface area contributed by atoms with Gasteiger partial charge in [-0.3, -0.25) is 9.36 Å². The molecule has 42 heavy (non-hydrogen) atoms. The molecule has 212 valence electrons. The second-order valence-corrected chi connectivity index (χ2v) is 11.4. The predicted octanol–water partition coefficient (Wildman–Crippen LogP) is 5.46. The second kappa shape index (κ2) is 11.5. The maximum atomic E-state index is 14.1. The molecule has 5 aromatic rings. The molecule has 0 radical (unpaired) electrons. The zero-order valence-electron chi connectivity index (χ0n) is 23.3. The largest absolute Gasteiger partial charge is 0.497 e. The van der Waals surface area contributed by atoms with E-state index >= 15 is 0 Å². The maximum Gasteiger partial charge on any atom is 0.338 e. The van der Waals surface area contributed by atoms with Gasteiger partial charge >= 0.3 is 5.97 Å². The SMILES string of the molecule is CCOC(=O)C1=C(C)N=c2sc(=Cc3cc4ccccc4n3Cc3ccc(Cl)cc3)c(=O)n2[C@H]1c1ccc(OC)cc1. The standard InChI is InChI=1S/C33H28ClN3O4S/c1-4-41-32(39)29-20(2)35-33-37(30(29)22-11-15-26(40-3)16-12-22)31(38)28(42-33)18-25-17-23-7-5-6-8-27(23)36(25)19-21-9-13-24(34)14-10-21/h5-18,30H,4,19H2,1-3H3/t30-/m0/s1. The van der Waals surface area contributed by atoms with Crippen LogP contribution in [0, 0.1) is 0 Å². The highest BCUT2D eigenvalue weighted by Crippen LogP contribution is 2.31. The van der Waals surface area contributed by atoms with Gasteiger partial charge in [0.05, 0.1) is 35.6 Å². The minimum Gasteiger partial charge on any atom is -0.497 e. The van der Waals surface area contributed by atoms with Crippen LogP contribution in [0.5, 0.6) is 5.75 Å². The van der Waals surface area contributed by atoms with E-state index in [2.05, 4.69) is 22.8 Å². The molecule has 1 atom stereocenters. The van der Waals surface area contributed by atoms with E-state index in [1.807, 2.05) is 66.7 Å². The van der Waals surface area contributed by atoms with Gasteiger partial charge in [-0.1, -0.05) is 65.4 Å². The van der Waals surface area contributed by atoms with Gasteiger partial charge in [-0.2, -0.15) is 0 Å². The number of carbonyl (C=O) groups is 1. The first-order valence-corrected chi connectivity index (χ1v) is 14.7. The van der Waals surface area contributed by atoms with Crippen molar-refractivity contribution in [3.8, 4) is 5.75 Å². The molecule has 0 bridgehead atoms. The number of nitrogens with zero attached hydrogens (tertiary/aromatic N) is 3. The molecular formula is C33H28ClN3O4S. The lowest BCUT2D eigenvalue weighted by Gasteiger charge is -2.24. The Hall–Kier alpha value is -4.40. The van der Waals surface area contributed by atoms with Crippen molar-refractivity contribution in [1.29, 1.82) is 0 Å². The summed E-state index contributed by atoms with van der Waals surface area (Å²) in [6.07, 6.45) is 1.91. The third kappa shape index (κ3) is 5.08. The average Bonchev–Trinajstić information content (AvgIpc) is 3.49. The number of esters is 1. The van der Waals surface area contributed by atoms with E-state index in [-0.39, 0.29) is 12.2 Å². The van der Waals surface area contributed by atoms with Crippen LogP contribution in [0.2, 0.25) is 5.02 Å². The molecule has 0 saturated heterocycles. The van der Waals surface area contributed by atoms with Crippen molar-refractivity contribution in [3.05, 3.63) is 132 Å². The van der Waals surface area contributed by atoms with E-state index in [9.17, 15) is 9.59 Å². The molecule has 0 N–H and O–H groups in total. The van der Waals surface area contributed by atoms with E-state index in [4.69, 9.17) is 26.1 Å². The van der Waals surface area contributed by atoms with Crippen molar-refractivity contribution in [2.24, 2.45) is 4.99 Å². The van der Waals surface area contributed by atoms with Crippen LogP contribution in [0.25, 0.3) is 17.0 Å². The predicted molar refractivity (Wildman–Crippen MR) is 166 cm³/mol. The van der Waals surface area contributed by atoms with Crippen LogP contribution in [-0.4, -0.2) is 28.8 Å². The number of hydrogen-bond donors (Lipinski definition) is 0. The number of aromatic nitrogens is 2. The Morgan fingerprint density at radius 1 is 1.07 bits per heavy atom. The van der Waals surface area contributed by atoms with Crippen LogP contribution < -0.4 is 19.6 Å². The normalized spacial score (nSPS) is 15.0. The number of fused-ring (bicyclic) bond motifs is 2. The molecule has 7 nitrogen and oxygen atoms in total. The molecule has 2 aromatic heterocycles. The number of rotatable bonds is 7. The zero-order valence-corrected chi connectivity index (χ0v) is 24.9. The Labute approximate surface area is 251 Å². The summed E-state index contributed by atoms with van der Waals surface area (Å²) >= 11 is 7.43. The van der Waals surface area contributed by atoms with Crippen LogP contribution >= 0.6 is 22.9 Å². The summed E-state index contributed by atoms with van der Waals surface area (Å²) in [5.41, 5.74) is 4.44. The summed E-state index contributed by atoms with van der Waals surface area (Å²) < 4.78 is 15.0. The number of methoxy groups -OCH3 is 1. The molecule has 0 unspecified atom stereocenters. The molecule has 3 heterocycles. The Bertz CT molecular complexity index is 2020. The number of allylic oxidation sites excluding steroid dienone is 1. The molecule has 0 aliphatic carbocycles. The summed E-state index contributed by atoms with van der Waals surface area (Å²) in [5, 5.41) is 1.75. The number of para-hydroxylation sites is 1. The van der Waals surface area contributed by atoms with Gasteiger partial charge in [0.25, 0.3) is 5.56 Å².